The number of nitrogens with one attached hydrogen (secondary N) is 2. The Hall–Kier alpha value is -4.87. The number of sulfonamides is 2. The van der Waals surface area contributed by atoms with Crippen LogP contribution in [-0.2, 0) is 24.8 Å². The maximum Gasteiger partial charge on any atom is 0.264 e. The summed E-state index contributed by atoms with van der Waals surface area (Å²) in [5.41, 5.74) is 2.00. The lowest BCUT2D eigenvalue weighted by molar-refractivity contribution is -0.114. The number of carbonyl (C=O) groups is 1. The van der Waals surface area contributed by atoms with Crippen LogP contribution in [0.2, 0.25) is 0 Å². The summed E-state index contributed by atoms with van der Waals surface area (Å²) in [5.74, 6) is -0.112. The Labute approximate surface area is 250 Å². The SMILES string of the molecule is COc1ccc(S(=O)(=O)N(CC(=O)Nc2ccc(S(=O)(=O)Nc3cccc4ccccc34)cc2)c2ccc(C)cc2)cc1. The van der Waals surface area contributed by atoms with Crippen molar-refractivity contribution in [3.8, 4) is 5.75 Å². The molecule has 0 bridgehead atoms. The van der Waals surface area contributed by atoms with Gasteiger partial charge in [0.2, 0.25) is 5.91 Å². The number of benzene rings is 5. The number of fused-ring (bicyclic) bond motifs is 1. The van der Waals surface area contributed by atoms with Gasteiger partial charge in [-0.2, -0.15) is 0 Å². The zero-order valence-corrected chi connectivity index (χ0v) is 25.0. The Morgan fingerprint density at radius 3 is 2.05 bits per heavy atom. The van der Waals surface area contributed by atoms with Gasteiger partial charge in [-0.1, -0.05) is 54.1 Å². The van der Waals surface area contributed by atoms with E-state index in [1.165, 1.54) is 55.6 Å². The highest BCUT2D eigenvalue weighted by molar-refractivity contribution is 7.93. The van der Waals surface area contributed by atoms with Crippen molar-refractivity contribution in [1.82, 2.24) is 0 Å². The first kappa shape index (κ1) is 29.6. The van der Waals surface area contributed by atoms with Crippen molar-refractivity contribution in [2.75, 3.05) is 28.0 Å². The number of ether oxygens (including phenoxy) is 1. The molecule has 0 saturated carbocycles. The standard InChI is InChI=1S/C32H29N3O6S2/c1-23-10-14-26(15-11-23)35(43(39,40)29-20-16-27(41-2)17-21-29)22-32(36)33-25-12-18-28(19-13-25)42(37,38)34-31-9-5-7-24-6-3-4-8-30(24)31/h3-21,34H,22H2,1-2H3,(H,33,36). The van der Waals surface area contributed by atoms with Crippen molar-refractivity contribution >= 4 is 53.8 Å². The van der Waals surface area contributed by atoms with Crippen LogP contribution in [0, 0.1) is 6.92 Å². The van der Waals surface area contributed by atoms with Crippen LogP contribution in [0.4, 0.5) is 17.1 Å². The Balaban J connectivity index is 1.34. The van der Waals surface area contributed by atoms with E-state index in [2.05, 4.69) is 10.0 Å². The summed E-state index contributed by atoms with van der Waals surface area (Å²) >= 11 is 0. The first-order valence-corrected chi connectivity index (χ1v) is 16.1. The third-order valence-electron chi connectivity index (χ3n) is 6.74. The fourth-order valence-corrected chi connectivity index (χ4v) is 6.97. The zero-order valence-electron chi connectivity index (χ0n) is 23.4. The van der Waals surface area contributed by atoms with Crippen LogP contribution in [0.25, 0.3) is 10.8 Å². The van der Waals surface area contributed by atoms with Crippen molar-refractivity contribution in [1.29, 1.82) is 0 Å². The van der Waals surface area contributed by atoms with Gasteiger partial charge in [-0.15, -0.1) is 0 Å². The van der Waals surface area contributed by atoms with Gasteiger partial charge >= 0.3 is 0 Å². The molecule has 0 aliphatic heterocycles. The van der Waals surface area contributed by atoms with E-state index in [9.17, 15) is 21.6 Å². The number of amides is 1. The van der Waals surface area contributed by atoms with Crippen LogP contribution in [0.1, 0.15) is 5.56 Å². The summed E-state index contributed by atoms with van der Waals surface area (Å²) in [6.45, 7) is 1.36. The van der Waals surface area contributed by atoms with E-state index in [0.717, 1.165) is 20.6 Å². The third kappa shape index (κ3) is 6.63. The highest BCUT2D eigenvalue weighted by Gasteiger charge is 2.27. The highest BCUT2D eigenvalue weighted by atomic mass is 32.2. The largest absolute Gasteiger partial charge is 0.497 e. The minimum Gasteiger partial charge on any atom is -0.497 e. The lowest BCUT2D eigenvalue weighted by atomic mass is 10.1. The molecule has 220 valence electrons. The number of hydrogen-bond acceptors (Lipinski definition) is 6. The Morgan fingerprint density at radius 1 is 0.744 bits per heavy atom. The fraction of sp³-hybridized carbons (Fsp3) is 0.0938. The molecular formula is C32H29N3O6S2. The summed E-state index contributed by atoms with van der Waals surface area (Å²) in [7, 11) is -6.56. The molecule has 11 heteroatoms. The van der Waals surface area contributed by atoms with Crippen LogP contribution in [0.15, 0.2) is 125 Å². The number of nitrogens with zero attached hydrogens (tertiary/aromatic N) is 1. The number of anilines is 3. The minimum absolute atomic E-state index is 0.00167. The van der Waals surface area contributed by atoms with Gasteiger partial charge in [-0.3, -0.25) is 13.8 Å². The van der Waals surface area contributed by atoms with Crippen LogP contribution >= 0.6 is 0 Å². The predicted octanol–water partition coefficient (Wildman–Crippen LogP) is 5.79. The lowest BCUT2D eigenvalue weighted by Gasteiger charge is -2.24. The number of methoxy groups -OCH3 is 1. The van der Waals surface area contributed by atoms with Crippen molar-refractivity contribution in [2.24, 2.45) is 0 Å². The Morgan fingerprint density at radius 2 is 1.37 bits per heavy atom. The van der Waals surface area contributed by atoms with Gasteiger partial charge in [0.25, 0.3) is 20.0 Å². The predicted molar refractivity (Wildman–Crippen MR) is 169 cm³/mol. The summed E-state index contributed by atoms with van der Waals surface area (Å²) in [6, 6.07) is 31.1. The van der Waals surface area contributed by atoms with Crippen molar-refractivity contribution in [2.45, 2.75) is 16.7 Å². The second-order valence-corrected chi connectivity index (χ2v) is 13.3. The molecule has 43 heavy (non-hydrogen) atoms. The van der Waals surface area contributed by atoms with Gasteiger partial charge in [0.1, 0.15) is 12.3 Å². The molecule has 5 rings (SSSR count). The van der Waals surface area contributed by atoms with Crippen LogP contribution in [0.3, 0.4) is 0 Å². The van der Waals surface area contributed by atoms with Gasteiger partial charge < -0.3 is 10.1 Å². The van der Waals surface area contributed by atoms with E-state index in [1.807, 2.05) is 37.3 Å². The molecule has 5 aromatic carbocycles. The molecule has 9 nitrogen and oxygen atoms in total. The second kappa shape index (κ2) is 12.2. The average molecular weight is 616 g/mol. The first-order valence-electron chi connectivity index (χ1n) is 13.2. The minimum atomic E-state index is -4.12. The molecule has 0 aliphatic rings. The maximum absolute atomic E-state index is 13.6. The Kier molecular flexibility index (Phi) is 8.38. The normalized spacial score (nSPS) is 11.6. The molecule has 0 radical (unpaired) electrons. The van der Waals surface area contributed by atoms with E-state index in [1.54, 1.807) is 36.4 Å². The van der Waals surface area contributed by atoms with Crippen LogP contribution < -0.4 is 19.1 Å². The first-order chi connectivity index (χ1) is 20.6. The van der Waals surface area contributed by atoms with Crippen LogP contribution in [0.5, 0.6) is 5.75 Å². The average Bonchev–Trinajstić information content (AvgIpc) is 3.01. The summed E-state index contributed by atoms with van der Waals surface area (Å²) in [6.07, 6.45) is 0. The molecule has 0 spiro atoms. The maximum atomic E-state index is 13.6. The second-order valence-electron chi connectivity index (χ2n) is 9.73. The number of hydrogen-bond donors (Lipinski definition) is 2. The zero-order chi connectivity index (χ0) is 30.6. The monoisotopic (exact) mass is 615 g/mol. The van der Waals surface area contributed by atoms with E-state index < -0.39 is 32.5 Å². The van der Waals surface area contributed by atoms with E-state index in [0.29, 0.717) is 22.8 Å². The van der Waals surface area contributed by atoms with Gasteiger partial charge in [-0.25, -0.2) is 16.8 Å². The summed E-state index contributed by atoms with van der Waals surface area (Å²) < 4.78 is 62.3. The molecule has 0 heterocycles. The molecule has 0 aromatic heterocycles. The molecule has 0 atom stereocenters. The quantitative estimate of drug-likeness (QED) is 0.205. The number of rotatable bonds is 10. The van der Waals surface area contributed by atoms with Crippen molar-refractivity contribution in [3.63, 3.8) is 0 Å². The van der Waals surface area contributed by atoms with Crippen LogP contribution in [-0.4, -0.2) is 36.4 Å². The summed E-state index contributed by atoms with van der Waals surface area (Å²) in [4.78, 5) is 13.1. The van der Waals surface area contributed by atoms with E-state index in [4.69, 9.17) is 4.74 Å². The van der Waals surface area contributed by atoms with Crippen molar-refractivity contribution in [3.05, 3.63) is 121 Å². The molecule has 0 fully saturated rings. The molecule has 0 unspecified atom stereocenters. The number of carbonyl (C=O) groups excluding carboxylic acids is 1. The molecular weight excluding hydrogens is 587 g/mol. The molecule has 2 N–H and O–H groups in total. The molecule has 0 aliphatic carbocycles. The molecule has 0 saturated heterocycles. The van der Waals surface area contributed by atoms with Gasteiger partial charge in [0.05, 0.1) is 28.3 Å². The van der Waals surface area contributed by atoms with Gasteiger partial charge in [0, 0.05) is 11.1 Å². The van der Waals surface area contributed by atoms with Gasteiger partial charge in [-0.05, 0) is 79.0 Å². The van der Waals surface area contributed by atoms with E-state index >= 15 is 0 Å². The van der Waals surface area contributed by atoms with Crippen molar-refractivity contribution < 1.29 is 26.4 Å². The number of aryl methyl sites for hydroxylation is 1. The third-order valence-corrected chi connectivity index (χ3v) is 9.91. The van der Waals surface area contributed by atoms with E-state index in [-0.39, 0.29) is 9.79 Å². The smallest absolute Gasteiger partial charge is 0.264 e. The molecule has 5 aromatic rings. The Bertz CT molecular complexity index is 1970. The topological polar surface area (TPSA) is 122 Å². The fourth-order valence-electron chi connectivity index (χ4n) is 4.47. The molecule has 1 amide bonds. The lowest BCUT2D eigenvalue weighted by Crippen LogP contribution is -2.38. The van der Waals surface area contributed by atoms with Gasteiger partial charge in [0.15, 0.2) is 0 Å². The summed E-state index contributed by atoms with van der Waals surface area (Å²) in [5, 5.41) is 4.33. The highest BCUT2D eigenvalue weighted by Crippen LogP contribution is 2.27.